The number of nitrogens with zero attached hydrogens (tertiary/aromatic N) is 1. The van der Waals surface area contributed by atoms with Crippen molar-refractivity contribution in [1.82, 2.24) is 10.2 Å². The molecule has 92 valence electrons. The zero-order chi connectivity index (χ0) is 13.3. The van der Waals surface area contributed by atoms with Crippen molar-refractivity contribution in [3.05, 3.63) is 41.0 Å². The Morgan fingerprint density at radius 2 is 1.83 bits per heavy atom. The van der Waals surface area contributed by atoms with E-state index in [4.69, 9.17) is 12.2 Å². The summed E-state index contributed by atoms with van der Waals surface area (Å²) in [6.45, 7) is 1.97. The zero-order valence-electron chi connectivity index (χ0n) is 10.1. The number of aryl methyl sites for hydroxylation is 1. The van der Waals surface area contributed by atoms with Crippen LogP contribution in [-0.2, 0) is 9.59 Å². The average molecular weight is 260 g/mol. The number of nitrogens with one attached hydrogen (secondary N) is 1. The van der Waals surface area contributed by atoms with Gasteiger partial charge in [-0.05, 0) is 30.8 Å². The zero-order valence-corrected chi connectivity index (χ0v) is 10.9. The molecular formula is C13H12N2O2S. The topological polar surface area (TPSA) is 49.4 Å². The van der Waals surface area contributed by atoms with Gasteiger partial charge in [0.05, 0.1) is 0 Å². The van der Waals surface area contributed by atoms with Gasteiger partial charge in [-0.2, -0.15) is 0 Å². The summed E-state index contributed by atoms with van der Waals surface area (Å²) in [4.78, 5) is 24.9. The van der Waals surface area contributed by atoms with Gasteiger partial charge in [0.1, 0.15) is 5.57 Å². The lowest BCUT2D eigenvalue weighted by atomic mass is 10.1. The highest BCUT2D eigenvalue weighted by atomic mass is 32.1. The van der Waals surface area contributed by atoms with E-state index in [0.717, 1.165) is 11.1 Å². The summed E-state index contributed by atoms with van der Waals surface area (Å²) in [5, 5.41) is 2.60. The van der Waals surface area contributed by atoms with Gasteiger partial charge in [-0.1, -0.05) is 29.8 Å². The Balaban J connectivity index is 2.37. The summed E-state index contributed by atoms with van der Waals surface area (Å²) in [6.07, 6.45) is 1.56. The molecule has 2 rings (SSSR count). The highest BCUT2D eigenvalue weighted by Crippen LogP contribution is 2.13. The molecule has 0 aliphatic carbocycles. The summed E-state index contributed by atoms with van der Waals surface area (Å²) >= 11 is 4.86. The maximum atomic E-state index is 11.9. The maximum absolute atomic E-state index is 11.9. The molecule has 1 heterocycles. The lowest BCUT2D eigenvalue weighted by molar-refractivity contribution is -0.128. The van der Waals surface area contributed by atoms with Crippen molar-refractivity contribution in [3.63, 3.8) is 0 Å². The first kappa shape index (κ1) is 12.4. The molecule has 18 heavy (non-hydrogen) atoms. The van der Waals surface area contributed by atoms with Crippen LogP contribution in [0.3, 0.4) is 0 Å². The number of benzene rings is 1. The van der Waals surface area contributed by atoms with Crippen LogP contribution in [0.15, 0.2) is 29.8 Å². The summed E-state index contributed by atoms with van der Waals surface area (Å²) in [5.41, 5.74) is 2.02. The van der Waals surface area contributed by atoms with Gasteiger partial charge in [-0.15, -0.1) is 0 Å². The first-order chi connectivity index (χ1) is 8.49. The highest BCUT2D eigenvalue weighted by Gasteiger charge is 2.30. The number of hydrogen-bond donors (Lipinski definition) is 1. The smallest absolute Gasteiger partial charge is 0.265 e. The molecule has 0 bridgehead atoms. The Kier molecular flexibility index (Phi) is 3.25. The minimum Gasteiger partial charge on any atom is -0.298 e. The standard InChI is InChI=1S/C13H12N2O2S/c1-8-3-5-9(6-4-8)7-10-11(16)14-13(18)15(2)12(10)17/h3-7H,1-2H3,(H,14,16,18)/b10-7+. The Labute approximate surface area is 110 Å². The van der Waals surface area contributed by atoms with Gasteiger partial charge in [0, 0.05) is 7.05 Å². The molecule has 0 spiro atoms. The summed E-state index contributed by atoms with van der Waals surface area (Å²) in [5.74, 6) is -0.840. The first-order valence-corrected chi connectivity index (χ1v) is 5.81. The van der Waals surface area contributed by atoms with Gasteiger partial charge in [-0.3, -0.25) is 19.8 Å². The molecule has 0 radical (unpaired) electrons. The quantitative estimate of drug-likeness (QED) is 0.470. The number of carbonyl (C=O) groups is 2. The van der Waals surface area contributed by atoms with E-state index >= 15 is 0 Å². The van der Waals surface area contributed by atoms with Crippen molar-refractivity contribution in [2.75, 3.05) is 7.05 Å². The van der Waals surface area contributed by atoms with Crippen LogP contribution in [0.2, 0.25) is 0 Å². The van der Waals surface area contributed by atoms with Crippen LogP contribution in [0.4, 0.5) is 0 Å². The molecule has 0 unspecified atom stereocenters. The average Bonchev–Trinajstić information content (AvgIpc) is 2.34. The summed E-state index contributed by atoms with van der Waals surface area (Å²) in [6, 6.07) is 7.56. The molecule has 5 heteroatoms. The first-order valence-electron chi connectivity index (χ1n) is 5.41. The fourth-order valence-electron chi connectivity index (χ4n) is 1.57. The molecular weight excluding hydrogens is 248 g/mol. The normalized spacial score (nSPS) is 18.2. The number of rotatable bonds is 1. The number of thiocarbonyl (C=S) groups is 1. The third-order valence-corrected chi connectivity index (χ3v) is 3.07. The number of amides is 2. The van der Waals surface area contributed by atoms with Crippen LogP contribution in [0.1, 0.15) is 11.1 Å². The second-order valence-electron chi connectivity index (χ2n) is 4.09. The van der Waals surface area contributed by atoms with E-state index in [1.807, 2.05) is 31.2 Å². The van der Waals surface area contributed by atoms with Crippen molar-refractivity contribution in [3.8, 4) is 0 Å². The van der Waals surface area contributed by atoms with Gasteiger partial charge in [0.25, 0.3) is 11.8 Å². The van der Waals surface area contributed by atoms with E-state index in [1.54, 1.807) is 6.08 Å². The van der Waals surface area contributed by atoms with Crippen molar-refractivity contribution >= 4 is 35.2 Å². The van der Waals surface area contributed by atoms with Crippen LogP contribution < -0.4 is 5.32 Å². The Morgan fingerprint density at radius 1 is 1.22 bits per heavy atom. The Morgan fingerprint density at radius 3 is 2.44 bits per heavy atom. The van der Waals surface area contributed by atoms with E-state index in [9.17, 15) is 9.59 Å². The van der Waals surface area contributed by atoms with E-state index < -0.39 is 5.91 Å². The maximum Gasteiger partial charge on any atom is 0.265 e. The van der Waals surface area contributed by atoms with Gasteiger partial charge in [-0.25, -0.2) is 0 Å². The molecule has 1 aromatic rings. The monoisotopic (exact) mass is 260 g/mol. The molecule has 0 atom stereocenters. The van der Waals surface area contributed by atoms with Crippen LogP contribution in [0, 0.1) is 6.92 Å². The SMILES string of the molecule is Cc1ccc(/C=C2\C(=O)NC(=S)N(C)C2=O)cc1. The van der Waals surface area contributed by atoms with Crippen LogP contribution in [0.25, 0.3) is 6.08 Å². The predicted octanol–water partition coefficient (Wildman–Crippen LogP) is 1.25. The molecule has 4 nitrogen and oxygen atoms in total. The lowest BCUT2D eigenvalue weighted by Gasteiger charge is -2.25. The third-order valence-electron chi connectivity index (χ3n) is 2.69. The number of carbonyl (C=O) groups excluding carboxylic acids is 2. The predicted molar refractivity (Wildman–Crippen MR) is 72.7 cm³/mol. The second kappa shape index (κ2) is 4.70. The molecule has 1 saturated heterocycles. The third kappa shape index (κ3) is 2.31. The molecule has 2 amide bonds. The van der Waals surface area contributed by atoms with Crippen molar-refractivity contribution < 1.29 is 9.59 Å². The van der Waals surface area contributed by atoms with Gasteiger partial charge >= 0.3 is 0 Å². The Hall–Kier alpha value is -2.01. The molecule has 0 aromatic heterocycles. The molecule has 1 aliphatic rings. The highest BCUT2D eigenvalue weighted by molar-refractivity contribution is 7.80. The summed E-state index contributed by atoms with van der Waals surface area (Å²) in [7, 11) is 1.53. The van der Waals surface area contributed by atoms with E-state index in [1.165, 1.54) is 11.9 Å². The lowest BCUT2D eigenvalue weighted by Crippen LogP contribution is -2.52. The number of likely N-dealkylation sites (N-methyl/N-ethyl adjacent to an activating group) is 1. The molecule has 1 aromatic carbocycles. The van der Waals surface area contributed by atoms with Crippen molar-refractivity contribution in [2.24, 2.45) is 0 Å². The van der Waals surface area contributed by atoms with E-state index in [0.29, 0.717) is 0 Å². The van der Waals surface area contributed by atoms with Gasteiger partial charge in [0.2, 0.25) is 0 Å². The molecule has 1 fully saturated rings. The van der Waals surface area contributed by atoms with E-state index in [-0.39, 0.29) is 16.6 Å². The summed E-state index contributed by atoms with van der Waals surface area (Å²) < 4.78 is 0. The van der Waals surface area contributed by atoms with Crippen molar-refractivity contribution in [1.29, 1.82) is 0 Å². The second-order valence-corrected chi connectivity index (χ2v) is 4.48. The van der Waals surface area contributed by atoms with E-state index in [2.05, 4.69) is 5.32 Å². The van der Waals surface area contributed by atoms with Gasteiger partial charge < -0.3 is 0 Å². The van der Waals surface area contributed by atoms with Crippen LogP contribution >= 0.6 is 12.2 Å². The van der Waals surface area contributed by atoms with Crippen LogP contribution in [0.5, 0.6) is 0 Å². The minimum atomic E-state index is -0.455. The largest absolute Gasteiger partial charge is 0.298 e. The minimum absolute atomic E-state index is 0.0925. The molecule has 1 aliphatic heterocycles. The van der Waals surface area contributed by atoms with Crippen molar-refractivity contribution in [2.45, 2.75) is 6.92 Å². The fraction of sp³-hybridized carbons (Fsp3) is 0.154. The molecule has 1 N–H and O–H groups in total. The number of hydrogen-bond acceptors (Lipinski definition) is 3. The Bertz CT molecular complexity index is 561. The fourth-order valence-corrected chi connectivity index (χ4v) is 1.75. The molecule has 0 saturated carbocycles. The van der Waals surface area contributed by atoms with Gasteiger partial charge in [0.15, 0.2) is 5.11 Å². The van der Waals surface area contributed by atoms with Crippen LogP contribution in [-0.4, -0.2) is 28.9 Å².